The summed E-state index contributed by atoms with van der Waals surface area (Å²) in [4.78, 5) is 16.7. The molecule has 24 heavy (non-hydrogen) atoms. The first kappa shape index (κ1) is 15.9. The highest BCUT2D eigenvalue weighted by molar-refractivity contribution is 5.95. The lowest BCUT2D eigenvalue weighted by Crippen LogP contribution is -2.30. The molecule has 0 aliphatic heterocycles. The van der Waals surface area contributed by atoms with E-state index in [4.69, 9.17) is 0 Å². The zero-order valence-corrected chi connectivity index (χ0v) is 13.8. The number of nitrogens with one attached hydrogen (secondary N) is 1. The maximum Gasteiger partial charge on any atom is 0.254 e. The summed E-state index contributed by atoms with van der Waals surface area (Å²) in [6, 6.07) is 7.48. The molecule has 0 aromatic carbocycles. The van der Waals surface area contributed by atoms with Crippen molar-refractivity contribution in [3.05, 3.63) is 60.3 Å². The molecule has 0 bridgehead atoms. The fourth-order valence-electron chi connectivity index (χ4n) is 2.50. The van der Waals surface area contributed by atoms with Crippen LogP contribution in [0, 0.1) is 12.8 Å². The molecule has 3 aromatic heterocycles. The van der Waals surface area contributed by atoms with Crippen molar-refractivity contribution in [1.82, 2.24) is 29.9 Å². The van der Waals surface area contributed by atoms with Gasteiger partial charge < -0.3 is 5.32 Å². The van der Waals surface area contributed by atoms with Crippen LogP contribution in [-0.4, -0.2) is 37.0 Å². The Kier molecular flexibility index (Phi) is 4.69. The Morgan fingerprint density at radius 1 is 1.25 bits per heavy atom. The number of hydrogen-bond donors (Lipinski definition) is 1. The predicted octanol–water partition coefficient (Wildman–Crippen LogP) is 1.84. The van der Waals surface area contributed by atoms with Gasteiger partial charge in [0, 0.05) is 31.7 Å². The van der Waals surface area contributed by atoms with Crippen LogP contribution >= 0.6 is 0 Å². The zero-order chi connectivity index (χ0) is 16.9. The number of nitrogens with zero attached hydrogens (tertiary/aromatic N) is 5. The van der Waals surface area contributed by atoms with Gasteiger partial charge in [0.05, 0.1) is 17.5 Å². The third-order valence-corrected chi connectivity index (χ3v) is 3.79. The molecular formula is C17H20N6O. The molecule has 0 fully saturated rings. The Morgan fingerprint density at radius 3 is 2.83 bits per heavy atom. The highest BCUT2D eigenvalue weighted by atomic mass is 16.1. The minimum Gasteiger partial charge on any atom is -0.352 e. The number of aromatic nitrogens is 5. The second kappa shape index (κ2) is 7.08. The summed E-state index contributed by atoms with van der Waals surface area (Å²) in [5.41, 5.74) is 1.33. The van der Waals surface area contributed by atoms with Crippen molar-refractivity contribution in [3.63, 3.8) is 0 Å². The van der Waals surface area contributed by atoms with Crippen molar-refractivity contribution in [2.24, 2.45) is 5.92 Å². The van der Waals surface area contributed by atoms with E-state index in [0.717, 1.165) is 12.2 Å². The van der Waals surface area contributed by atoms with Gasteiger partial charge in [0.1, 0.15) is 0 Å². The summed E-state index contributed by atoms with van der Waals surface area (Å²) in [7, 11) is 0. The van der Waals surface area contributed by atoms with E-state index >= 15 is 0 Å². The van der Waals surface area contributed by atoms with E-state index in [9.17, 15) is 4.79 Å². The molecule has 3 aromatic rings. The number of amides is 1. The SMILES string of the molecule is Cc1c(C(=O)NCC(C)Cn2cccn2)cnn1-c1ccccn1. The lowest BCUT2D eigenvalue weighted by molar-refractivity contribution is 0.0946. The first-order chi connectivity index (χ1) is 11.6. The number of carbonyl (C=O) groups is 1. The molecule has 1 N–H and O–H groups in total. The molecule has 1 atom stereocenters. The topological polar surface area (TPSA) is 77.6 Å². The molecule has 1 amide bonds. The average molecular weight is 324 g/mol. The van der Waals surface area contributed by atoms with E-state index in [0.29, 0.717) is 17.9 Å². The highest BCUT2D eigenvalue weighted by Crippen LogP contribution is 2.12. The number of carbonyl (C=O) groups excluding carboxylic acids is 1. The van der Waals surface area contributed by atoms with Crippen LogP contribution in [-0.2, 0) is 6.54 Å². The summed E-state index contributed by atoms with van der Waals surface area (Å²) in [5.74, 6) is 0.850. The van der Waals surface area contributed by atoms with E-state index < -0.39 is 0 Å². The van der Waals surface area contributed by atoms with Gasteiger partial charge in [-0.25, -0.2) is 9.67 Å². The Balaban J connectivity index is 1.62. The van der Waals surface area contributed by atoms with E-state index in [1.807, 2.05) is 42.1 Å². The van der Waals surface area contributed by atoms with Crippen molar-refractivity contribution in [2.45, 2.75) is 20.4 Å². The van der Waals surface area contributed by atoms with Gasteiger partial charge in [0.15, 0.2) is 5.82 Å². The number of pyridine rings is 1. The molecular weight excluding hydrogens is 304 g/mol. The summed E-state index contributed by atoms with van der Waals surface area (Å²) >= 11 is 0. The quantitative estimate of drug-likeness (QED) is 0.750. The minimum atomic E-state index is -0.123. The smallest absolute Gasteiger partial charge is 0.254 e. The summed E-state index contributed by atoms with van der Waals surface area (Å²) in [6.45, 7) is 5.28. The summed E-state index contributed by atoms with van der Waals surface area (Å²) in [5, 5.41) is 11.4. The van der Waals surface area contributed by atoms with Gasteiger partial charge in [-0.05, 0) is 31.0 Å². The Bertz CT molecular complexity index is 794. The van der Waals surface area contributed by atoms with Gasteiger partial charge in [-0.15, -0.1) is 0 Å². The largest absolute Gasteiger partial charge is 0.352 e. The van der Waals surface area contributed by atoms with Crippen LogP contribution in [0.4, 0.5) is 0 Å². The molecule has 7 nitrogen and oxygen atoms in total. The third-order valence-electron chi connectivity index (χ3n) is 3.79. The lowest BCUT2D eigenvalue weighted by Gasteiger charge is -2.12. The molecule has 7 heteroatoms. The zero-order valence-electron chi connectivity index (χ0n) is 13.8. The molecule has 3 heterocycles. The van der Waals surface area contributed by atoms with E-state index in [1.54, 1.807) is 23.3 Å². The lowest BCUT2D eigenvalue weighted by atomic mass is 10.1. The van der Waals surface area contributed by atoms with Gasteiger partial charge in [0.25, 0.3) is 5.91 Å². The van der Waals surface area contributed by atoms with Crippen molar-refractivity contribution in [1.29, 1.82) is 0 Å². The average Bonchev–Trinajstić information content (AvgIpc) is 3.23. The van der Waals surface area contributed by atoms with Crippen molar-refractivity contribution < 1.29 is 4.79 Å². The molecule has 0 aliphatic rings. The first-order valence-corrected chi connectivity index (χ1v) is 7.87. The van der Waals surface area contributed by atoms with Crippen LogP contribution in [0.25, 0.3) is 5.82 Å². The van der Waals surface area contributed by atoms with Crippen molar-refractivity contribution in [2.75, 3.05) is 6.54 Å². The van der Waals surface area contributed by atoms with Gasteiger partial charge in [0.2, 0.25) is 0 Å². The van der Waals surface area contributed by atoms with Crippen molar-refractivity contribution >= 4 is 5.91 Å². The van der Waals surface area contributed by atoms with Crippen LogP contribution < -0.4 is 5.32 Å². The molecule has 0 radical (unpaired) electrons. The predicted molar refractivity (Wildman–Crippen MR) is 89.8 cm³/mol. The third kappa shape index (κ3) is 3.51. The van der Waals surface area contributed by atoms with Gasteiger partial charge >= 0.3 is 0 Å². The van der Waals surface area contributed by atoms with E-state index in [1.165, 1.54) is 0 Å². The standard InChI is InChI=1S/C17H20N6O/c1-13(12-22-9-5-8-20-22)10-19-17(24)15-11-21-23(14(15)2)16-6-3-4-7-18-16/h3-9,11,13H,10,12H2,1-2H3,(H,19,24). The molecule has 0 aliphatic carbocycles. The van der Waals surface area contributed by atoms with E-state index in [2.05, 4.69) is 27.4 Å². The molecule has 1 unspecified atom stereocenters. The maximum absolute atomic E-state index is 12.4. The first-order valence-electron chi connectivity index (χ1n) is 7.87. The van der Waals surface area contributed by atoms with Crippen LogP contribution in [0.2, 0.25) is 0 Å². The monoisotopic (exact) mass is 324 g/mol. The van der Waals surface area contributed by atoms with Gasteiger partial charge in [-0.1, -0.05) is 13.0 Å². The second-order valence-electron chi connectivity index (χ2n) is 5.79. The Hall–Kier alpha value is -2.96. The molecule has 0 saturated carbocycles. The number of rotatable bonds is 6. The summed E-state index contributed by atoms with van der Waals surface area (Å²) < 4.78 is 3.53. The van der Waals surface area contributed by atoms with Gasteiger partial charge in [-0.2, -0.15) is 10.2 Å². The van der Waals surface area contributed by atoms with Crippen LogP contribution in [0.1, 0.15) is 23.0 Å². The maximum atomic E-state index is 12.4. The molecule has 0 saturated heterocycles. The van der Waals surface area contributed by atoms with E-state index in [-0.39, 0.29) is 11.8 Å². The van der Waals surface area contributed by atoms with Crippen LogP contribution in [0.15, 0.2) is 49.1 Å². The van der Waals surface area contributed by atoms with Crippen LogP contribution in [0.3, 0.4) is 0 Å². The molecule has 3 rings (SSSR count). The Labute approximate surface area is 140 Å². The molecule has 124 valence electrons. The fourth-order valence-corrected chi connectivity index (χ4v) is 2.50. The normalized spacial score (nSPS) is 12.1. The summed E-state index contributed by atoms with van der Waals surface area (Å²) in [6.07, 6.45) is 6.95. The van der Waals surface area contributed by atoms with Crippen LogP contribution in [0.5, 0.6) is 0 Å². The number of hydrogen-bond acceptors (Lipinski definition) is 4. The second-order valence-corrected chi connectivity index (χ2v) is 5.79. The fraction of sp³-hybridized carbons (Fsp3) is 0.294. The Morgan fingerprint density at radius 2 is 2.12 bits per heavy atom. The highest BCUT2D eigenvalue weighted by Gasteiger charge is 2.16. The molecule has 0 spiro atoms. The van der Waals surface area contributed by atoms with Gasteiger partial charge in [-0.3, -0.25) is 9.48 Å². The minimum absolute atomic E-state index is 0.123. The van der Waals surface area contributed by atoms with Crippen molar-refractivity contribution in [3.8, 4) is 5.82 Å².